The van der Waals surface area contributed by atoms with E-state index < -0.39 is 0 Å². The molecule has 2 amide bonds. The van der Waals surface area contributed by atoms with E-state index >= 15 is 0 Å². The number of hydrogen-bond acceptors (Lipinski definition) is 3. The Balaban J connectivity index is 3.44. The molecule has 0 aliphatic rings. The summed E-state index contributed by atoms with van der Waals surface area (Å²) in [5.74, 6) is 0. The molecule has 0 saturated carbocycles. The highest BCUT2D eigenvalue weighted by molar-refractivity contribution is 5.73. The smallest absolute Gasteiger partial charge is 0.315 e. The van der Waals surface area contributed by atoms with Gasteiger partial charge in [-0.3, -0.25) is 0 Å². The minimum atomic E-state index is -0.279. The molecule has 0 aliphatic heterocycles. The van der Waals surface area contributed by atoms with Crippen LogP contribution in [0.5, 0.6) is 0 Å². The average Bonchev–Trinajstić information content (AvgIpc) is 2.21. The number of amides is 2. The summed E-state index contributed by atoms with van der Waals surface area (Å²) >= 11 is 0. The number of nitrogens with one attached hydrogen (secondary N) is 2. The molecule has 5 heteroatoms. The summed E-state index contributed by atoms with van der Waals surface area (Å²) in [6.45, 7) is 7.64. The summed E-state index contributed by atoms with van der Waals surface area (Å²) in [5.41, 5.74) is 0. The van der Waals surface area contributed by atoms with Crippen LogP contribution < -0.4 is 10.6 Å². The fraction of sp³-hybridized carbons (Fsp3) is 0.778. The SMILES string of the molecule is CCN(CC)CCNC(=O)NCC#N. The van der Waals surface area contributed by atoms with Crippen molar-refractivity contribution in [1.82, 2.24) is 15.5 Å². The Morgan fingerprint density at radius 3 is 2.50 bits per heavy atom. The van der Waals surface area contributed by atoms with Crippen LogP contribution in [0.25, 0.3) is 0 Å². The van der Waals surface area contributed by atoms with Crippen LogP contribution in [-0.4, -0.2) is 43.7 Å². The maximum Gasteiger partial charge on any atom is 0.315 e. The molecule has 0 unspecified atom stereocenters. The molecule has 80 valence electrons. The quantitative estimate of drug-likeness (QED) is 0.597. The Bertz CT molecular complexity index is 195. The minimum Gasteiger partial charge on any atom is -0.337 e. The summed E-state index contributed by atoms with van der Waals surface area (Å²) in [7, 11) is 0. The molecule has 0 atom stereocenters. The van der Waals surface area contributed by atoms with E-state index in [1.54, 1.807) is 0 Å². The topological polar surface area (TPSA) is 68.2 Å². The third-order valence-corrected chi connectivity index (χ3v) is 1.94. The minimum absolute atomic E-state index is 0.0527. The predicted octanol–water partition coefficient (Wildman–Crippen LogP) is 0.151. The first-order valence-corrected chi connectivity index (χ1v) is 4.85. The molecule has 0 aromatic rings. The van der Waals surface area contributed by atoms with Crippen molar-refractivity contribution >= 4 is 6.03 Å². The molecular formula is C9H18N4O. The number of hydrogen-bond donors (Lipinski definition) is 2. The Hall–Kier alpha value is -1.28. The van der Waals surface area contributed by atoms with Crippen molar-refractivity contribution in [2.45, 2.75) is 13.8 Å². The van der Waals surface area contributed by atoms with Crippen LogP contribution >= 0.6 is 0 Å². The molecule has 5 nitrogen and oxygen atoms in total. The number of carbonyl (C=O) groups is 1. The van der Waals surface area contributed by atoms with Crippen molar-refractivity contribution in [2.75, 3.05) is 32.7 Å². The first-order chi connectivity index (χ1) is 6.74. The van der Waals surface area contributed by atoms with Gasteiger partial charge in [0.1, 0.15) is 6.54 Å². The summed E-state index contributed by atoms with van der Waals surface area (Å²) in [6.07, 6.45) is 0. The molecule has 0 aliphatic carbocycles. The summed E-state index contributed by atoms with van der Waals surface area (Å²) < 4.78 is 0. The van der Waals surface area contributed by atoms with Gasteiger partial charge in [-0.2, -0.15) is 5.26 Å². The van der Waals surface area contributed by atoms with Crippen molar-refractivity contribution in [3.63, 3.8) is 0 Å². The zero-order chi connectivity index (χ0) is 10.8. The summed E-state index contributed by atoms with van der Waals surface area (Å²) in [6, 6.07) is 1.56. The van der Waals surface area contributed by atoms with E-state index in [2.05, 4.69) is 29.4 Å². The second kappa shape index (κ2) is 8.32. The van der Waals surface area contributed by atoms with Crippen LogP contribution in [0.3, 0.4) is 0 Å². The standard InChI is InChI=1S/C9H18N4O/c1-3-13(4-2)8-7-12-9(14)11-6-5-10/h3-4,6-8H2,1-2H3,(H2,11,12,14). The number of rotatable bonds is 6. The maximum atomic E-state index is 11.0. The van der Waals surface area contributed by atoms with E-state index in [9.17, 15) is 4.79 Å². The van der Waals surface area contributed by atoms with Gasteiger partial charge in [-0.25, -0.2) is 4.79 Å². The normalized spacial score (nSPS) is 9.57. The predicted molar refractivity (Wildman–Crippen MR) is 54.8 cm³/mol. The zero-order valence-electron chi connectivity index (χ0n) is 8.84. The number of likely N-dealkylation sites (N-methyl/N-ethyl adjacent to an activating group) is 1. The van der Waals surface area contributed by atoms with Crippen LogP contribution in [0.15, 0.2) is 0 Å². The third-order valence-electron chi connectivity index (χ3n) is 1.94. The molecule has 14 heavy (non-hydrogen) atoms. The molecule has 0 radical (unpaired) electrons. The van der Waals surface area contributed by atoms with Gasteiger partial charge in [0.05, 0.1) is 6.07 Å². The highest BCUT2D eigenvalue weighted by atomic mass is 16.2. The van der Waals surface area contributed by atoms with Gasteiger partial charge in [-0.05, 0) is 13.1 Å². The largest absolute Gasteiger partial charge is 0.337 e. The van der Waals surface area contributed by atoms with Gasteiger partial charge in [-0.15, -0.1) is 0 Å². The van der Waals surface area contributed by atoms with E-state index in [1.807, 2.05) is 6.07 Å². The molecular weight excluding hydrogens is 180 g/mol. The van der Waals surface area contributed by atoms with Crippen LogP contribution in [0.4, 0.5) is 4.79 Å². The number of carbonyl (C=O) groups excluding carboxylic acids is 1. The van der Waals surface area contributed by atoms with E-state index in [1.165, 1.54) is 0 Å². The van der Waals surface area contributed by atoms with Crippen LogP contribution in [-0.2, 0) is 0 Å². The lowest BCUT2D eigenvalue weighted by Crippen LogP contribution is -2.40. The lowest BCUT2D eigenvalue weighted by molar-refractivity contribution is 0.238. The number of nitrogens with zero attached hydrogens (tertiary/aromatic N) is 2. The van der Waals surface area contributed by atoms with Crippen LogP contribution in [0.2, 0.25) is 0 Å². The van der Waals surface area contributed by atoms with Gasteiger partial charge in [0.25, 0.3) is 0 Å². The molecule has 0 bridgehead atoms. The highest BCUT2D eigenvalue weighted by Crippen LogP contribution is 1.83. The van der Waals surface area contributed by atoms with Crippen LogP contribution in [0, 0.1) is 11.3 Å². The number of nitriles is 1. The second-order valence-electron chi connectivity index (χ2n) is 2.79. The molecule has 0 aromatic heterocycles. The molecule has 0 aromatic carbocycles. The molecule has 0 heterocycles. The van der Waals surface area contributed by atoms with E-state index in [4.69, 9.17) is 5.26 Å². The maximum absolute atomic E-state index is 11.0. The highest BCUT2D eigenvalue weighted by Gasteiger charge is 2.00. The summed E-state index contributed by atoms with van der Waals surface area (Å²) in [5, 5.41) is 13.3. The Labute approximate surface area is 85.1 Å². The van der Waals surface area contributed by atoms with Gasteiger partial charge >= 0.3 is 6.03 Å². The second-order valence-corrected chi connectivity index (χ2v) is 2.79. The van der Waals surface area contributed by atoms with E-state index in [0.29, 0.717) is 6.54 Å². The number of urea groups is 1. The third kappa shape index (κ3) is 6.26. The van der Waals surface area contributed by atoms with Crippen molar-refractivity contribution in [3.8, 4) is 6.07 Å². The zero-order valence-corrected chi connectivity index (χ0v) is 8.84. The monoisotopic (exact) mass is 198 g/mol. The first-order valence-electron chi connectivity index (χ1n) is 4.85. The van der Waals surface area contributed by atoms with Crippen molar-refractivity contribution in [2.24, 2.45) is 0 Å². The lowest BCUT2D eigenvalue weighted by Gasteiger charge is -2.17. The first kappa shape index (κ1) is 12.7. The Morgan fingerprint density at radius 1 is 1.36 bits per heavy atom. The van der Waals surface area contributed by atoms with Gasteiger partial charge in [0, 0.05) is 13.1 Å². The van der Waals surface area contributed by atoms with Crippen molar-refractivity contribution in [1.29, 1.82) is 5.26 Å². The average molecular weight is 198 g/mol. The molecule has 0 saturated heterocycles. The molecule has 2 N–H and O–H groups in total. The van der Waals surface area contributed by atoms with Crippen molar-refractivity contribution in [3.05, 3.63) is 0 Å². The molecule has 0 fully saturated rings. The van der Waals surface area contributed by atoms with Gasteiger partial charge in [0.15, 0.2) is 0 Å². The van der Waals surface area contributed by atoms with Gasteiger partial charge < -0.3 is 15.5 Å². The Kier molecular flexibility index (Phi) is 7.56. The van der Waals surface area contributed by atoms with Crippen molar-refractivity contribution < 1.29 is 4.79 Å². The lowest BCUT2D eigenvalue weighted by atomic mass is 10.4. The molecule has 0 spiro atoms. The fourth-order valence-corrected chi connectivity index (χ4v) is 1.05. The summed E-state index contributed by atoms with van der Waals surface area (Å²) in [4.78, 5) is 13.2. The fourth-order valence-electron chi connectivity index (χ4n) is 1.05. The van der Waals surface area contributed by atoms with E-state index in [-0.39, 0.29) is 12.6 Å². The van der Waals surface area contributed by atoms with Gasteiger partial charge in [-0.1, -0.05) is 13.8 Å². The van der Waals surface area contributed by atoms with Crippen LogP contribution in [0.1, 0.15) is 13.8 Å². The van der Waals surface area contributed by atoms with Gasteiger partial charge in [0.2, 0.25) is 0 Å². The molecule has 0 rings (SSSR count). The Morgan fingerprint density at radius 2 is 2.00 bits per heavy atom. The van der Waals surface area contributed by atoms with E-state index in [0.717, 1.165) is 19.6 Å².